The number of hydrogen-bond acceptors (Lipinski definition) is 6. The minimum absolute atomic E-state index is 0.0255. The number of carbonyl (C=O) groups excluding carboxylic acids is 1. The number of nitrogens with one attached hydrogen (secondary N) is 2. The van der Waals surface area contributed by atoms with Crippen LogP contribution in [-0.4, -0.2) is 28.4 Å². The molecule has 1 aromatic heterocycles. The van der Waals surface area contributed by atoms with Crippen LogP contribution in [0.1, 0.15) is 23.1 Å². The van der Waals surface area contributed by atoms with Crippen molar-refractivity contribution < 1.29 is 4.79 Å². The third-order valence-corrected chi connectivity index (χ3v) is 6.23. The molecule has 2 N–H and O–H groups in total. The first-order valence-electron chi connectivity index (χ1n) is 9.22. The molecule has 0 saturated heterocycles. The number of rotatable bonds is 9. The van der Waals surface area contributed by atoms with Gasteiger partial charge in [-0.25, -0.2) is 0 Å². The van der Waals surface area contributed by atoms with E-state index in [2.05, 4.69) is 58.9 Å². The fraction of sp³-hybridized carbons (Fsp3) is 0.286. The third kappa shape index (κ3) is 6.07. The van der Waals surface area contributed by atoms with Crippen molar-refractivity contribution in [2.45, 2.75) is 31.0 Å². The van der Waals surface area contributed by atoms with E-state index < -0.39 is 0 Å². The van der Waals surface area contributed by atoms with Crippen molar-refractivity contribution in [3.05, 3.63) is 65.2 Å². The lowest BCUT2D eigenvalue weighted by molar-refractivity contribution is -0.118. The standard InChI is InChI=1S/C21H24N4OS2/c1-15-8-6-9-16(2)19(15)23-20-24-25-21(28-20)27-14-18(26)22-13-7-12-17-10-4-3-5-11-17/h3-6,8-11H,7,12-14H2,1-2H3,(H,22,26)(H,23,24). The molecule has 28 heavy (non-hydrogen) atoms. The topological polar surface area (TPSA) is 66.9 Å². The van der Waals surface area contributed by atoms with Crippen LogP contribution in [0.3, 0.4) is 0 Å². The molecule has 0 fully saturated rings. The molecule has 1 heterocycles. The molecule has 3 rings (SSSR count). The average molecular weight is 413 g/mol. The van der Waals surface area contributed by atoms with Gasteiger partial charge >= 0.3 is 0 Å². The molecule has 2 aromatic carbocycles. The Kier molecular flexibility index (Phi) is 7.45. The van der Waals surface area contributed by atoms with E-state index in [0.717, 1.165) is 28.0 Å². The van der Waals surface area contributed by atoms with Gasteiger partial charge in [0.15, 0.2) is 4.34 Å². The summed E-state index contributed by atoms with van der Waals surface area (Å²) >= 11 is 2.88. The molecule has 0 aliphatic rings. The normalized spacial score (nSPS) is 10.6. The highest BCUT2D eigenvalue weighted by molar-refractivity contribution is 8.01. The van der Waals surface area contributed by atoms with E-state index in [1.807, 2.05) is 24.3 Å². The number of aromatic nitrogens is 2. The predicted molar refractivity (Wildman–Crippen MR) is 118 cm³/mol. The SMILES string of the molecule is Cc1cccc(C)c1Nc1nnc(SCC(=O)NCCCc2ccccc2)s1. The van der Waals surface area contributed by atoms with Gasteiger partial charge < -0.3 is 10.6 Å². The van der Waals surface area contributed by atoms with E-state index in [4.69, 9.17) is 0 Å². The van der Waals surface area contributed by atoms with E-state index in [1.165, 1.54) is 39.8 Å². The van der Waals surface area contributed by atoms with Gasteiger partial charge in [-0.2, -0.15) is 0 Å². The zero-order valence-electron chi connectivity index (χ0n) is 16.1. The van der Waals surface area contributed by atoms with Crippen LogP contribution in [0.4, 0.5) is 10.8 Å². The first-order valence-corrected chi connectivity index (χ1v) is 11.0. The van der Waals surface area contributed by atoms with Gasteiger partial charge in [-0.05, 0) is 43.4 Å². The second-order valence-electron chi connectivity index (χ2n) is 6.49. The number of para-hydroxylation sites is 1. The molecule has 3 aromatic rings. The lowest BCUT2D eigenvalue weighted by Crippen LogP contribution is -2.26. The Bertz CT molecular complexity index is 892. The monoisotopic (exact) mass is 412 g/mol. The summed E-state index contributed by atoms with van der Waals surface area (Å²) in [6.07, 6.45) is 1.90. The summed E-state index contributed by atoms with van der Waals surface area (Å²) in [5.74, 6) is 0.376. The molecule has 0 unspecified atom stereocenters. The van der Waals surface area contributed by atoms with Crippen molar-refractivity contribution in [3.8, 4) is 0 Å². The van der Waals surface area contributed by atoms with E-state index in [1.54, 1.807) is 0 Å². The van der Waals surface area contributed by atoms with Gasteiger partial charge in [0.05, 0.1) is 5.75 Å². The van der Waals surface area contributed by atoms with Crippen molar-refractivity contribution in [2.24, 2.45) is 0 Å². The smallest absolute Gasteiger partial charge is 0.230 e. The molecule has 5 nitrogen and oxygen atoms in total. The number of amides is 1. The summed E-state index contributed by atoms with van der Waals surface area (Å²) in [4.78, 5) is 12.0. The zero-order chi connectivity index (χ0) is 19.8. The third-order valence-electron chi connectivity index (χ3n) is 4.25. The summed E-state index contributed by atoms with van der Waals surface area (Å²) in [6.45, 7) is 4.81. The number of hydrogen-bond donors (Lipinski definition) is 2. The molecule has 0 spiro atoms. The summed E-state index contributed by atoms with van der Waals surface area (Å²) in [5.41, 5.74) is 4.69. The Labute approximate surface area is 174 Å². The molecule has 0 atom stereocenters. The summed E-state index contributed by atoms with van der Waals surface area (Å²) < 4.78 is 0.785. The molecular weight excluding hydrogens is 388 g/mol. The number of nitrogens with zero attached hydrogens (tertiary/aromatic N) is 2. The van der Waals surface area contributed by atoms with Gasteiger partial charge in [0.2, 0.25) is 11.0 Å². The zero-order valence-corrected chi connectivity index (χ0v) is 17.7. The Morgan fingerprint density at radius 1 is 1.04 bits per heavy atom. The largest absolute Gasteiger partial charge is 0.355 e. The number of anilines is 2. The lowest BCUT2D eigenvalue weighted by atomic mass is 10.1. The molecule has 7 heteroatoms. The van der Waals surface area contributed by atoms with Gasteiger partial charge in [-0.15, -0.1) is 10.2 Å². The van der Waals surface area contributed by atoms with Crippen molar-refractivity contribution in [2.75, 3.05) is 17.6 Å². The van der Waals surface area contributed by atoms with Crippen LogP contribution < -0.4 is 10.6 Å². The Morgan fingerprint density at radius 3 is 2.54 bits per heavy atom. The van der Waals surface area contributed by atoms with E-state index in [-0.39, 0.29) is 5.91 Å². The van der Waals surface area contributed by atoms with E-state index in [9.17, 15) is 4.79 Å². The number of carbonyl (C=O) groups is 1. The first-order chi connectivity index (χ1) is 13.6. The summed E-state index contributed by atoms with van der Waals surface area (Å²) in [7, 11) is 0. The maximum atomic E-state index is 12.0. The van der Waals surface area contributed by atoms with E-state index >= 15 is 0 Å². The predicted octanol–water partition coefficient (Wildman–Crippen LogP) is 4.74. The molecule has 146 valence electrons. The minimum Gasteiger partial charge on any atom is -0.355 e. The highest BCUT2D eigenvalue weighted by Crippen LogP contribution is 2.30. The highest BCUT2D eigenvalue weighted by atomic mass is 32.2. The second kappa shape index (κ2) is 10.2. The Morgan fingerprint density at radius 2 is 1.79 bits per heavy atom. The molecule has 1 amide bonds. The lowest BCUT2D eigenvalue weighted by Gasteiger charge is -2.09. The number of benzene rings is 2. The fourth-order valence-corrected chi connectivity index (χ4v) is 4.37. The molecule has 0 radical (unpaired) electrons. The summed E-state index contributed by atoms with van der Waals surface area (Å²) in [6, 6.07) is 16.5. The molecular formula is C21H24N4OS2. The van der Waals surface area contributed by atoms with Crippen LogP contribution in [-0.2, 0) is 11.2 Å². The highest BCUT2D eigenvalue weighted by Gasteiger charge is 2.10. The van der Waals surface area contributed by atoms with Crippen LogP contribution >= 0.6 is 23.1 Å². The second-order valence-corrected chi connectivity index (χ2v) is 8.69. The van der Waals surface area contributed by atoms with Crippen LogP contribution in [0.5, 0.6) is 0 Å². The quantitative estimate of drug-likeness (QED) is 0.392. The van der Waals surface area contributed by atoms with E-state index in [0.29, 0.717) is 12.3 Å². The van der Waals surface area contributed by atoms with Gasteiger partial charge in [-0.3, -0.25) is 4.79 Å². The number of thioether (sulfide) groups is 1. The molecule has 0 saturated carbocycles. The Balaban J connectivity index is 1.39. The maximum Gasteiger partial charge on any atom is 0.230 e. The molecule has 0 aliphatic carbocycles. The van der Waals surface area contributed by atoms with Crippen LogP contribution in [0.15, 0.2) is 52.9 Å². The first kappa shape index (κ1) is 20.4. The average Bonchev–Trinajstić information content (AvgIpc) is 3.15. The Hall–Kier alpha value is -2.38. The summed E-state index contributed by atoms with van der Waals surface area (Å²) in [5, 5.41) is 15.4. The van der Waals surface area contributed by atoms with Crippen molar-refractivity contribution in [1.82, 2.24) is 15.5 Å². The fourth-order valence-electron chi connectivity index (χ4n) is 2.78. The van der Waals surface area contributed by atoms with Crippen LogP contribution in [0.2, 0.25) is 0 Å². The minimum atomic E-state index is 0.0255. The van der Waals surface area contributed by atoms with Crippen molar-refractivity contribution in [1.29, 1.82) is 0 Å². The molecule has 0 aliphatic heterocycles. The van der Waals surface area contributed by atoms with Gasteiger partial charge in [0, 0.05) is 12.2 Å². The van der Waals surface area contributed by atoms with Gasteiger partial charge in [0.1, 0.15) is 0 Å². The maximum absolute atomic E-state index is 12.0. The van der Waals surface area contributed by atoms with Gasteiger partial charge in [0.25, 0.3) is 0 Å². The van der Waals surface area contributed by atoms with Gasteiger partial charge in [-0.1, -0.05) is 71.6 Å². The van der Waals surface area contributed by atoms with Crippen molar-refractivity contribution >= 4 is 39.8 Å². The number of aryl methyl sites for hydroxylation is 3. The van der Waals surface area contributed by atoms with Crippen LogP contribution in [0.25, 0.3) is 0 Å². The van der Waals surface area contributed by atoms with Crippen molar-refractivity contribution in [3.63, 3.8) is 0 Å². The van der Waals surface area contributed by atoms with Crippen LogP contribution in [0, 0.1) is 13.8 Å². The molecule has 0 bridgehead atoms.